The molecule has 3 aromatic rings. The van der Waals surface area contributed by atoms with Gasteiger partial charge in [-0.05, 0) is 50.1 Å². The van der Waals surface area contributed by atoms with Crippen molar-refractivity contribution < 1.29 is 45.4 Å². The van der Waals surface area contributed by atoms with Gasteiger partial charge < -0.3 is 20.5 Å². The third-order valence-electron chi connectivity index (χ3n) is 5.68. The Bertz CT molecular complexity index is 1590. The molecule has 16 heteroatoms. The molecule has 0 aliphatic heterocycles. The lowest BCUT2D eigenvalue weighted by atomic mass is 10.2. The van der Waals surface area contributed by atoms with Crippen LogP contribution in [0.15, 0.2) is 70.5 Å². The summed E-state index contributed by atoms with van der Waals surface area (Å²) in [6.07, 6.45) is -1.63. The first-order chi connectivity index (χ1) is 19.8. The quantitative estimate of drug-likeness (QED) is 0.147. The van der Waals surface area contributed by atoms with Gasteiger partial charge in [-0.2, -0.15) is 17.9 Å². The molecule has 1 amide bonds. The van der Waals surface area contributed by atoms with E-state index in [-0.39, 0.29) is 16.0 Å². The van der Waals surface area contributed by atoms with Crippen molar-refractivity contribution >= 4 is 33.4 Å². The minimum absolute atomic E-state index is 0.204. The Morgan fingerprint density at radius 2 is 1.71 bits per heavy atom. The van der Waals surface area contributed by atoms with Gasteiger partial charge in [0.25, 0.3) is 11.5 Å². The number of carbonyl (C=O) groups excluding carboxylic acids is 3. The van der Waals surface area contributed by atoms with Gasteiger partial charge in [0.2, 0.25) is 10.0 Å². The third kappa shape index (κ3) is 8.86. The van der Waals surface area contributed by atoms with Crippen LogP contribution in [0.2, 0.25) is 0 Å². The molecule has 0 aliphatic carbocycles. The zero-order valence-corrected chi connectivity index (χ0v) is 22.7. The number of benzene rings is 1. The van der Waals surface area contributed by atoms with Gasteiger partial charge in [-0.25, -0.2) is 18.0 Å². The average molecular weight is 613 g/mol. The summed E-state index contributed by atoms with van der Waals surface area (Å²) in [5.41, 5.74) is 4.92. The number of hydrogen-bond donors (Lipinski definition) is 3. The van der Waals surface area contributed by atoms with Gasteiger partial charge in [0.15, 0.2) is 0 Å². The van der Waals surface area contributed by atoms with Gasteiger partial charge in [-0.15, -0.1) is 0 Å². The highest BCUT2D eigenvalue weighted by Gasteiger charge is 2.44. The molecule has 0 fully saturated rings. The van der Waals surface area contributed by atoms with Crippen LogP contribution in [0, 0.1) is 0 Å². The molecule has 12 nitrogen and oxygen atoms in total. The van der Waals surface area contributed by atoms with Crippen molar-refractivity contribution in [2.75, 3.05) is 19.7 Å². The molecule has 0 spiro atoms. The molecule has 1 unspecified atom stereocenters. The minimum Gasteiger partial charge on any atom is -0.493 e. The number of nitrogens with two attached hydrogens (primary N) is 1. The fourth-order valence-electron chi connectivity index (χ4n) is 3.59. The molecule has 0 radical (unpaired) electrons. The zero-order chi connectivity index (χ0) is 30.9. The van der Waals surface area contributed by atoms with Crippen LogP contribution in [0.3, 0.4) is 0 Å². The molecule has 3 rings (SSSR count). The van der Waals surface area contributed by atoms with E-state index in [9.17, 15) is 40.8 Å². The monoisotopic (exact) mass is 612 g/mol. The van der Waals surface area contributed by atoms with Crippen LogP contribution in [-0.2, 0) is 24.3 Å². The molecular formula is C26H27F3N4O8S. The van der Waals surface area contributed by atoms with Gasteiger partial charge in [0, 0.05) is 30.4 Å². The minimum atomic E-state index is -5.54. The van der Waals surface area contributed by atoms with Crippen molar-refractivity contribution in [3.8, 4) is 5.75 Å². The molecule has 0 saturated carbocycles. The Morgan fingerprint density at radius 3 is 2.38 bits per heavy atom. The number of amides is 1. The summed E-state index contributed by atoms with van der Waals surface area (Å²) in [5.74, 6) is -5.33. The first-order valence-corrected chi connectivity index (χ1v) is 14.0. The van der Waals surface area contributed by atoms with Gasteiger partial charge in [0.05, 0.1) is 17.0 Å². The average Bonchev–Trinajstić information content (AvgIpc) is 2.94. The molecule has 0 saturated heterocycles. The number of fused-ring (bicyclic) bond motifs is 1. The number of pyridine rings is 2. The number of halogens is 3. The van der Waals surface area contributed by atoms with E-state index in [1.54, 1.807) is 6.07 Å². The summed E-state index contributed by atoms with van der Waals surface area (Å²) >= 11 is 0. The largest absolute Gasteiger partial charge is 0.493 e. The highest BCUT2D eigenvalue weighted by atomic mass is 32.2. The Labute approximate surface area is 237 Å². The predicted molar refractivity (Wildman–Crippen MR) is 142 cm³/mol. The molecule has 0 bridgehead atoms. The summed E-state index contributed by atoms with van der Waals surface area (Å²) in [5, 5.41) is 2.18. The van der Waals surface area contributed by atoms with E-state index in [1.807, 2.05) is 4.72 Å². The molecule has 2 heterocycles. The van der Waals surface area contributed by atoms with E-state index in [4.69, 9.17) is 10.5 Å². The second-order valence-corrected chi connectivity index (χ2v) is 10.6. The van der Waals surface area contributed by atoms with Crippen LogP contribution < -0.4 is 26.1 Å². The number of hydrogen-bond acceptors (Lipinski definition) is 9. The van der Waals surface area contributed by atoms with Crippen LogP contribution in [0.1, 0.15) is 29.6 Å². The number of sulfonamides is 1. The van der Waals surface area contributed by atoms with Crippen LogP contribution >= 0.6 is 0 Å². The summed E-state index contributed by atoms with van der Waals surface area (Å²) < 4.78 is 75.8. The lowest BCUT2D eigenvalue weighted by Crippen LogP contribution is -2.50. The Morgan fingerprint density at radius 1 is 1.00 bits per heavy atom. The number of carbonyl (C=O) groups is 3. The lowest BCUT2D eigenvalue weighted by molar-refractivity contribution is -0.202. The fraction of sp³-hybridized carbons (Fsp3) is 0.308. The van der Waals surface area contributed by atoms with Crippen LogP contribution in [0.5, 0.6) is 5.75 Å². The van der Waals surface area contributed by atoms with Crippen molar-refractivity contribution in [1.29, 1.82) is 0 Å². The SMILES string of the molecule is NCCCCCOc1ccn2c(=O)cc(C(=O)NCC(NS(=O)(=O)c3ccccc3)C(=O)OC(=O)C(F)(F)F)cc2c1. The van der Waals surface area contributed by atoms with Crippen molar-refractivity contribution in [3.05, 3.63) is 76.7 Å². The Hall–Kier alpha value is -4.28. The van der Waals surface area contributed by atoms with E-state index in [0.29, 0.717) is 18.9 Å². The molecule has 42 heavy (non-hydrogen) atoms. The first-order valence-electron chi connectivity index (χ1n) is 12.5. The maximum Gasteiger partial charge on any atom is 0.491 e. The zero-order valence-electron chi connectivity index (χ0n) is 21.9. The van der Waals surface area contributed by atoms with Crippen molar-refractivity contribution in [2.45, 2.75) is 36.4 Å². The highest BCUT2D eigenvalue weighted by molar-refractivity contribution is 7.89. The number of nitrogens with zero attached hydrogens (tertiary/aromatic N) is 1. The van der Waals surface area contributed by atoms with E-state index < -0.39 is 52.2 Å². The molecule has 2 aromatic heterocycles. The summed E-state index contributed by atoms with van der Waals surface area (Å²) in [7, 11) is -4.51. The van der Waals surface area contributed by atoms with Gasteiger partial charge >= 0.3 is 18.1 Å². The topological polar surface area (TPSA) is 175 Å². The normalized spacial score (nSPS) is 12.5. The Kier molecular flexibility index (Phi) is 10.8. The molecule has 4 N–H and O–H groups in total. The number of aromatic nitrogens is 1. The van der Waals surface area contributed by atoms with E-state index in [1.165, 1.54) is 40.9 Å². The molecule has 226 valence electrons. The highest BCUT2D eigenvalue weighted by Crippen LogP contribution is 2.18. The molecule has 0 aliphatic rings. The number of ether oxygens (including phenoxy) is 2. The van der Waals surface area contributed by atoms with Crippen molar-refractivity contribution in [1.82, 2.24) is 14.4 Å². The third-order valence-corrected chi connectivity index (χ3v) is 7.17. The van der Waals surface area contributed by atoms with Crippen LogP contribution in [0.25, 0.3) is 5.52 Å². The smallest absolute Gasteiger partial charge is 0.491 e. The lowest BCUT2D eigenvalue weighted by Gasteiger charge is -2.18. The van der Waals surface area contributed by atoms with Crippen molar-refractivity contribution in [2.24, 2.45) is 5.73 Å². The number of rotatable bonds is 13. The van der Waals surface area contributed by atoms with Gasteiger partial charge in [0.1, 0.15) is 11.8 Å². The number of esters is 2. The molecule has 1 aromatic carbocycles. The van der Waals surface area contributed by atoms with Gasteiger partial charge in [-0.3, -0.25) is 14.0 Å². The second kappa shape index (κ2) is 14.1. The number of alkyl halides is 3. The second-order valence-electron chi connectivity index (χ2n) is 8.84. The van der Waals surface area contributed by atoms with E-state index in [2.05, 4.69) is 10.1 Å². The summed E-state index contributed by atoms with van der Waals surface area (Å²) in [6.45, 7) is 0.0320. The van der Waals surface area contributed by atoms with E-state index in [0.717, 1.165) is 37.5 Å². The number of nitrogens with one attached hydrogen (secondary N) is 2. The maximum atomic E-state index is 12.9. The van der Waals surface area contributed by atoms with Crippen molar-refractivity contribution in [3.63, 3.8) is 0 Å². The first kappa shape index (κ1) is 32.2. The summed E-state index contributed by atoms with van der Waals surface area (Å²) in [4.78, 5) is 48.7. The standard InChI is InChI=1S/C26H27F3N4O8S/c27-26(28,29)25(37)41-24(36)21(32-42(38,39)20-7-3-1-4-8-20)16-31-23(35)17-13-18-15-19(40-12-6-2-5-10-30)9-11-33(18)22(34)14-17/h1,3-4,7-9,11,13-15,21,32H,2,5-6,10,12,16,30H2,(H,31,35). The summed E-state index contributed by atoms with van der Waals surface area (Å²) in [6, 6.07) is 9.70. The van der Waals surface area contributed by atoms with E-state index >= 15 is 0 Å². The van der Waals surface area contributed by atoms with Crippen LogP contribution in [-0.4, -0.2) is 62.6 Å². The molecular weight excluding hydrogens is 585 g/mol. The predicted octanol–water partition coefficient (Wildman–Crippen LogP) is 1.52. The fourth-order valence-corrected chi connectivity index (χ4v) is 4.80. The molecule has 1 atom stereocenters. The maximum absolute atomic E-state index is 12.9. The Balaban J connectivity index is 1.79. The van der Waals surface area contributed by atoms with Crippen LogP contribution in [0.4, 0.5) is 13.2 Å². The van der Waals surface area contributed by atoms with Gasteiger partial charge in [-0.1, -0.05) is 18.2 Å². The number of unbranched alkanes of at least 4 members (excludes halogenated alkanes) is 2.